The molecule has 4 rings (SSSR count). The topological polar surface area (TPSA) is 48.0 Å². The molecule has 1 aromatic heterocycles. The molecule has 1 aliphatic rings. The van der Waals surface area contributed by atoms with Crippen LogP contribution in [0.1, 0.15) is 32.3 Å². The monoisotopic (exact) mass is 358 g/mol. The van der Waals surface area contributed by atoms with E-state index in [1.54, 1.807) is 0 Å². The van der Waals surface area contributed by atoms with Gasteiger partial charge in [-0.3, -0.25) is 0 Å². The molecular formula is C20H20ClFN2O. The van der Waals surface area contributed by atoms with Crippen LogP contribution in [-0.2, 0) is 0 Å². The minimum Gasteiger partial charge on any atom is -0.390 e. The van der Waals surface area contributed by atoms with Crippen LogP contribution in [0.15, 0.2) is 36.5 Å². The lowest BCUT2D eigenvalue weighted by molar-refractivity contribution is 0.0865. The lowest BCUT2D eigenvalue weighted by atomic mass is 9.78. The molecule has 25 heavy (non-hydrogen) atoms. The highest BCUT2D eigenvalue weighted by atomic mass is 35.5. The van der Waals surface area contributed by atoms with Gasteiger partial charge in [-0.2, -0.15) is 0 Å². The Morgan fingerprint density at radius 1 is 1.20 bits per heavy atom. The van der Waals surface area contributed by atoms with Gasteiger partial charge in [-0.15, -0.1) is 0 Å². The molecule has 1 aliphatic heterocycles. The number of aliphatic hydroxyl groups excluding tert-OH is 1. The van der Waals surface area contributed by atoms with Crippen molar-refractivity contribution in [3.8, 4) is 11.1 Å². The molecule has 5 heteroatoms. The zero-order chi connectivity index (χ0) is 17.9. The number of fused-ring (bicyclic) bond motifs is 2. The smallest absolute Gasteiger partial charge is 0.147 e. The van der Waals surface area contributed by atoms with E-state index in [9.17, 15) is 9.50 Å². The summed E-state index contributed by atoms with van der Waals surface area (Å²) in [6.07, 6.45) is 1.18. The number of aromatic amines is 1. The Kier molecular flexibility index (Phi) is 3.60. The van der Waals surface area contributed by atoms with Gasteiger partial charge in [-0.25, -0.2) is 4.39 Å². The van der Waals surface area contributed by atoms with E-state index in [0.717, 1.165) is 16.5 Å². The third kappa shape index (κ3) is 2.35. The number of hydrogen-bond acceptors (Lipinski definition) is 2. The summed E-state index contributed by atoms with van der Waals surface area (Å²) in [6.45, 7) is 5.60. The maximum Gasteiger partial charge on any atom is 0.147 e. The second-order valence-corrected chi connectivity index (χ2v) is 7.71. The fourth-order valence-electron chi connectivity index (χ4n) is 3.88. The largest absolute Gasteiger partial charge is 0.390 e. The van der Waals surface area contributed by atoms with Crippen molar-refractivity contribution < 1.29 is 9.50 Å². The van der Waals surface area contributed by atoms with E-state index in [1.807, 2.05) is 51.2 Å². The zero-order valence-corrected chi connectivity index (χ0v) is 15.1. The maximum absolute atomic E-state index is 15.0. The summed E-state index contributed by atoms with van der Waals surface area (Å²) in [5.41, 5.74) is 2.79. The van der Waals surface area contributed by atoms with Gasteiger partial charge in [-0.05, 0) is 31.4 Å². The Balaban J connectivity index is 1.99. The molecule has 0 saturated heterocycles. The van der Waals surface area contributed by atoms with Crippen LogP contribution in [0.2, 0.25) is 5.02 Å². The van der Waals surface area contributed by atoms with Crippen LogP contribution >= 0.6 is 11.6 Å². The van der Waals surface area contributed by atoms with Crippen LogP contribution in [0.4, 0.5) is 10.1 Å². The van der Waals surface area contributed by atoms with Crippen molar-refractivity contribution in [3.63, 3.8) is 0 Å². The highest BCUT2D eigenvalue weighted by Gasteiger charge is 2.41. The number of aliphatic hydroxyl groups is 1. The molecule has 0 fully saturated rings. The molecule has 2 heterocycles. The minimum absolute atomic E-state index is 0.281. The summed E-state index contributed by atoms with van der Waals surface area (Å²) in [5.74, 6) is -0.638. The van der Waals surface area contributed by atoms with Crippen molar-refractivity contribution >= 4 is 28.2 Å². The number of nitrogens with one attached hydrogen (secondary N) is 2. The Labute approximate surface area is 150 Å². The lowest BCUT2D eigenvalue weighted by Gasteiger charge is -2.43. The standard InChI is InChI=1S/C20H20ClFN2O/c1-10-15-16(21)13(12-6-4-5-11-7-8-23-17(11)12)9-14(22)18(15)24-20(2,3)19(10)25/h4-10,19,23-25H,1-3H3/t10-,19+/m0/s1. The molecule has 3 aromatic rings. The number of halogens is 2. The van der Waals surface area contributed by atoms with E-state index < -0.39 is 11.6 Å². The van der Waals surface area contributed by atoms with E-state index in [1.165, 1.54) is 6.07 Å². The summed E-state index contributed by atoms with van der Waals surface area (Å²) < 4.78 is 15.0. The fraction of sp³-hybridized carbons (Fsp3) is 0.300. The molecule has 0 amide bonds. The van der Waals surface area contributed by atoms with Gasteiger partial charge in [0.1, 0.15) is 5.82 Å². The Hall–Kier alpha value is -2.04. The first kappa shape index (κ1) is 16.4. The quantitative estimate of drug-likeness (QED) is 0.553. The van der Waals surface area contributed by atoms with Gasteiger partial charge >= 0.3 is 0 Å². The molecule has 0 bridgehead atoms. The van der Waals surface area contributed by atoms with Crippen LogP contribution in [0, 0.1) is 5.82 Å². The summed E-state index contributed by atoms with van der Waals surface area (Å²) in [7, 11) is 0. The van der Waals surface area contributed by atoms with Gasteiger partial charge < -0.3 is 15.4 Å². The number of aromatic nitrogens is 1. The third-order valence-electron chi connectivity index (χ3n) is 5.25. The molecule has 130 valence electrons. The first-order chi connectivity index (χ1) is 11.8. The highest BCUT2D eigenvalue weighted by molar-refractivity contribution is 6.35. The maximum atomic E-state index is 15.0. The molecule has 2 atom stereocenters. The molecule has 0 saturated carbocycles. The van der Waals surface area contributed by atoms with E-state index in [2.05, 4.69) is 10.3 Å². The van der Waals surface area contributed by atoms with E-state index in [0.29, 0.717) is 21.8 Å². The van der Waals surface area contributed by atoms with E-state index >= 15 is 0 Å². The second-order valence-electron chi connectivity index (χ2n) is 7.34. The number of para-hydroxylation sites is 1. The van der Waals surface area contributed by atoms with E-state index in [4.69, 9.17) is 11.6 Å². The number of benzene rings is 2. The van der Waals surface area contributed by atoms with E-state index in [-0.39, 0.29) is 11.7 Å². The number of hydrogen-bond donors (Lipinski definition) is 3. The van der Waals surface area contributed by atoms with Crippen molar-refractivity contribution in [1.82, 2.24) is 4.98 Å². The van der Waals surface area contributed by atoms with Crippen LogP contribution in [0.25, 0.3) is 22.0 Å². The summed E-state index contributed by atoms with van der Waals surface area (Å²) >= 11 is 6.72. The van der Waals surface area contributed by atoms with Gasteiger partial charge in [0.2, 0.25) is 0 Å². The average Bonchev–Trinajstić information content (AvgIpc) is 3.04. The van der Waals surface area contributed by atoms with Crippen LogP contribution in [0.5, 0.6) is 0 Å². The SMILES string of the molecule is C[C@H]1c2c(Cl)c(-c3cccc4cc[nH]c34)cc(F)c2NC(C)(C)[C@@H]1O. The van der Waals surface area contributed by atoms with Gasteiger partial charge in [0.15, 0.2) is 0 Å². The molecule has 0 spiro atoms. The average molecular weight is 359 g/mol. The Morgan fingerprint density at radius 3 is 2.72 bits per heavy atom. The number of anilines is 1. The van der Waals surface area contributed by atoms with Crippen LogP contribution in [-0.4, -0.2) is 21.7 Å². The first-order valence-electron chi connectivity index (χ1n) is 8.36. The zero-order valence-electron chi connectivity index (χ0n) is 14.3. The fourth-order valence-corrected chi connectivity index (χ4v) is 4.31. The third-order valence-corrected chi connectivity index (χ3v) is 5.65. The molecule has 0 unspecified atom stereocenters. The predicted molar refractivity (Wildman–Crippen MR) is 101 cm³/mol. The molecule has 3 nitrogen and oxygen atoms in total. The van der Waals surface area contributed by atoms with Crippen molar-refractivity contribution in [1.29, 1.82) is 0 Å². The van der Waals surface area contributed by atoms with Crippen molar-refractivity contribution in [2.75, 3.05) is 5.32 Å². The predicted octanol–water partition coefficient (Wildman–Crippen LogP) is 5.30. The second kappa shape index (κ2) is 5.48. The number of H-pyrrole nitrogens is 1. The lowest BCUT2D eigenvalue weighted by Crippen LogP contribution is -2.50. The molecule has 3 N–H and O–H groups in total. The van der Waals surface area contributed by atoms with Gasteiger partial charge in [0.25, 0.3) is 0 Å². The summed E-state index contributed by atoms with van der Waals surface area (Å²) in [5, 5.41) is 15.3. The highest BCUT2D eigenvalue weighted by Crippen LogP contribution is 2.47. The first-order valence-corrected chi connectivity index (χ1v) is 8.73. The summed E-state index contributed by atoms with van der Waals surface area (Å²) in [4.78, 5) is 3.20. The molecule has 2 aromatic carbocycles. The van der Waals surface area contributed by atoms with Crippen molar-refractivity contribution in [3.05, 3.63) is 52.9 Å². The van der Waals surface area contributed by atoms with Gasteiger partial charge in [0, 0.05) is 28.8 Å². The summed E-state index contributed by atoms with van der Waals surface area (Å²) in [6, 6.07) is 9.29. The normalized spacial score (nSPS) is 21.8. The Bertz CT molecular complexity index is 979. The van der Waals surface area contributed by atoms with Crippen molar-refractivity contribution in [2.45, 2.75) is 38.3 Å². The van der Waals surface area contributed by atoms with Gasteiger partial charge in [0.05, 0.1) is 27.9 Å². The molecule has 0 radical (unpaired) electrons. The van der Waals surface area contributed by atoms with Crippen LogP contribution < -0.4 is 5.32 Å². The van der Waals surface area contributed by atoms with Crippen LogP contribution in [0.3, 0.4) is 0 Å². The molecule has 0 aliphatic carbocycles. The minimum atomic E-state index is -0.673. The number of rotatable bonds is 1. The van der Waals surface area contributed by atoms with Gasteiger partial charge in [-0.1, -0.05) is 36.7 Å². The Morgan fingerprint density at radius 2 is 1.96 bits per heavy atom. The van der Waals surface area contributed by atoms with Crippen molar-refractivity contribution in [2.24, 2.45) is 0 Å². The molecular weight excluding hydrogens is 339 g/mol.